The van der Waals surface area contributed by atoms with Crippen LogP contribution in [0.3, 0.4) is 0 Å². The van der Waals surface area contributed by atoms with Crippen LogP contribution in [0.5, 0.6) is 0 Å². The molecule has 1 aromatic carbocycles. The number of hydrogen-bond acceptors (Lipinski definition) is 3. The molecule has 0 amide bonds. The molecule has 1 atom stereocenters. The summed E-state index contributed by atoms with van der Waals surface area (Å²) in [4.78, 5) is 11.0. The van der Waals surface area contributed by atoms with Crippen molar-refractivity contribution in [3.63, 3.8) is 0 Å². The van der Waals surface area contributed by atoms with E-state index in [0.717, 1.165) is 5.56 Å². The molecule has 1 rings (SSSR count). The van der Waals surface area contributed by atoms with Gasteiger partial charge in [-0.3, -0.25) is 4.79 Å². The highest BCUT2D eigenvalue weighted by molar-refractivity contribution is 7.66. The summed E-state index contributed by atoms with van der Waals surface area (Å²) in [6.07, 6.45) is 0.757. The van der Waals surface area contributed by atoms with Gasteiger partial charge in [0.15, 0.2) is 0 Å². The molecule has 1 aromatic rings. The molecule has 0 bridgehead atoms. The van der Waals surface area contributed by atoms with Gasteiger partial charge < -0.3 is 4.74 Å². The quantitative estimate of drug-likeness (QED) is 0.437. The van der Waals surface area contributed by atoms with Gasteiger partial charge in [-0.05, 0) is 5.56 Å². The molecule has 0 saturated heterocycles. The van der Waals surface area contributed by atoms with Gasteiger partial charge in [-0.1, -0.05) is 37.3 Å². The highest BCUT2D eigenvalue weighted by atomic mass is 32.1. The normalized spacial score (nSPS) is 11.8. The number of hydrogen-bond donors (Lipinski definition) is 0. The van der Waals surface area contributed by atoms with Crippen molar-refractivity contribution >= 4 is 17.6 Å². The monoisotopic (exact) mass is 225 g/mol. The molecule has 15 heavy (non-hydrogen) atoms. The predicted octanol–water partition coefficient (Wildman–Crippen LogP) is 1.94. The zero-order valence-electron chi connectivity index (χ0n) is 8.51. The SMILES string of the molecule is CCC(=O)OC(Cc1ccccc1)[S+]=O. The van der Waals surface area contributed by atoms with E-state index in [1.54, 1.807) is 6.92 Å². The van der Waals surface area contributed by atoms with Crippen molar-refractivity contribution in [3.8, 4) is 0 Å². The lowest BCUT2D eigenvalue weighted by molar-refractivity contribution is -0.144. The zero-order chi connectivity index (χ0) is 11.1. The van der Waals surface area contributed by atoms with Gasteiger partial charge in [0.05, 0.1) is 6.42 Å². The molecule has 0 aliphatic heterocycles. The molecule has 0 N–H and O–H groups in total. The Kier molecular flexibility index (Phi) is 4.90. The van der Waals surface area contributed by atoms with E-state index >= 15 is 0 Å². The Labute approximate surface area is 92.9 Å². The first-order valence-corrected chi connectivity index (χ1v) is 5.58. The third-order valence-corrected chi connectivity index (χ3v) is 2.38. The minimum absolute atomic E-state index is 0.297. The van der Waals surface area contributed by atoms with Crippen molar-refractivity contribution in [2.75, 3.05) is 0 Å². The lowest BCUT2D eigenvalue weighted by Gasteiger charge is -2.02. The average molecular weight is 225 g/mol. The molecule has 0 aromatic heterocycles. The molecular formula is C11H13O3S+. The second-order valence-electron chi connectivity index (χ2n) is 3.06. The largest absolute Gasteiger partial charge is 0.507 e. The summed E-state index contributed by atoms with van der Waals surface area (Å²) in [5.41, 5.74) is 0.370. The predicted molar refractivity (Wildman–Crippen MR) is 58.4 cm³/mol. The van der Waals surface area contributed by atoms with E-state index in [-0.39, 0.29) is 5.97 Å². The summed E-state index contributed by atoms with van der Waals surface area (Å²) in [6, 6.07) is 9.50. The van der Waals surface area contributed by atoms with Crippen molar-refractivity contribution in [3.05, 3.63) is 35.9 Å². The molecule has 80 valence electrons. The van der Waals surface area contributed by atoms with Crippen LogP contribution in [0.15, 0.2) is 30.3 Å². The Bertz CT molecular complexity index is 324. The molecule has 3 nitrogen and oxygen atoms in total. The van der Waals surface area contributed by atoms with E-state index in [2.05, 4.69) is 0 Å². The van der Waals surface area contributed by atoms with Gasteiger partial charge in [-0.2, -0.15) is 0 Å². The maximum atomic E-state index is 11.0. The number of carbonyl (C=O) groups excluding carboxylic acids is 1. The van der Waals surface area contributed by atoms with Gasteiger partial charge >= 0.3 is 23.1 Å². The smallest absolute Gasteiger partial charge is 0.403 e. The summed E-state index contributed by atoms with van der Waals surface area (Å²) in [7, 11) is 0. The van der Waals surface area contributed by atoms with Crippen molar-refractivity contribution in [2.24, 2.45) is 0 Å². The summed E-state index contributed by atoms with van der Waals surface area (Å²) in [5.74, 6) is -0.334. The van der Waals surface area contributed by atoms with Crippen LogP contribution in [0.4, 0.5) is 0 Å². The molecule has 4 heteroatoms. The number of esters is 1. The van der Waals surface area contributed by atoms with E-state index in [9.17, 15) is 9.00 Å². The van der Waals surface area contributed by atoms with Crippen LogP contribution in [0, 0.1) is 0 Å². The van der Waals surface area contributed by atoms with Gasteiger partial charge in [-0.25, -0.2) is 0 Å². The fourth-order valence-electron chi connectivity index (χ4n) is 1.13. The fourth-order valence-corrected chi connectivity index (χ4v) is 1.54. The molecule has 0 radical (unpaired) electrons. The van der Waals surface area contributed by atoms with E-state index in [1.165, 1.54) is 0 Å². The van der Waals surface area contributed by atoms with E-state index < -0.39 is 5.44 Å². The molecule has 0 aliphatic rings. The summed E-state index contributed by atoms with van der Waals surface area (Å²) in [6.45, 7) is 1.71. The maximum absolute atomic E-state index is 11.0. The molecule has 0 aliphatic carbocycles. The minimum atomic E-state index is -0.625. The molecule has 0 fully saturated rings. The third-order valence-electron chi connectivity index (χ3n) is 1.90. The summed E-state index contributed by atoms with van der Waals surface area (Å²) in [5, 5.41) is 0. The van der Waals surface area contributed by atoms with E-state index in [1.807, 2.05) is 30.3 Å². The second kappa shape index (κ2) is 6.24. The van der Waals surface area contributed by atoms with E-state index in [4.69, 9.17) is 4.74 Å². The van der Waals surface area contributed by atoms with Crippen LogP contribution in [0.2, 0.25) is 0 Å². The number of benzene rings is 1. The summed E-state index contributed by atoms with van der Waals surface area (Å²) < 4.78 is 15.7. The highest BCUT2D eigenvalue weighted by Crippen LogP contribution is 2.06. The second-order valence-corrected chi connectivity index (χ2v) is 3.78. The molecule has 0 heterocycles. The van der Waals surface area contributed by atoms with Gasteiger partial charge in [-0.15, -0.1) is 0 Å². The Morgan fingerprint density at radius 1 is 1.40 bits per heavy atom. The van der Waals surface area contributed by atoms with Gasteiger partial charge in [0.2, 0.25) is 0 Å². The first-order valence-electron chi connectivity index (χ1n) is 4.78. The van der Waals surface area contributed by atoms with Crippen LogP contribution in [0.25, 0.3) is 0 Å². The Morgan fingerprint density at radius 3 is 2.60 bits per heavy atom. The third kappa shape index (κ3) is 4.16. The van der Waals surface area contributed by atoms with E-state index in [0.29, 0.717) is 24.5 Å². The first-order chi connectivity index (χ1) is 7.26. The average Bonchev–Trinajstić information content (AvgIpc) is 2.29. The minimum Gasteiger partial charge on any atom is -0.403 e. The first kappa shape index (κ1) is 11.8. The van der Waals surface area contributed by atoms with Crippen molar-refractivity contribution < 1.29 is 13.7 Å². The van der Waals surface area contributed by atoms with Gasteiger partial charge in [0, 0.05) is 10.6 Å². The molecular weight excluding hydrogens is 212 g/mol. The van der Waals surface area contributed by atoms with Crippen molar-refractivity contribution in [2.45, 2.75) is 25.2 Å². The van der Waals surface area contributed by atoms with Crippen molar-refractivity contribution in [1.82, 2.24) is 0 Å². The fraction of sp³-hybridized carbons (Fsp3) is 0.364. The van der Waals surface area contributed by atoms with Gasteiger partial charge in [0.25, 0.3) is 0 Å². The zero-order valence-corrected chi connectivity index (χ0v) is 9.33. The number of rotatable bonds is 5. The molecule has 0 saturated carbocycles. The lowest BCUT2D eigenvalue weighted by atomic mass is 10.2. The summed E-state index contributed by atoms with van der Waals surface area (Å²) >= 11 is 0.315. The van der Waals surface area contributed by atoms with Crippen LogP contribution in [-0.4, -0.2) is 11.4 Å². The van der Waals surface area contributed by atoms with Crippen LogP contribution in [-0.2, 0) is 31.8 Å². The Hall–Kier alpha value is -1.29. The number of carbonyl (C=O) groups is 1. The van der Waals surface area contributed by atoms with Crippen LogP contribution < -0.4 is 0 Å². The standard InChI is InChI=1S/C11H13O3S/c1-2-10(12)14-11(15-13)8-9-6-4-3-5-7-9/h3-7,11H,2,8H2,1H3/q+1. The highest BCUT2D eigenvalue weighted by Gasteiger charge is 2.25. The lowest BCUT2D eigenvalue weighted by Crippen LogP contribution is -2.18. The topological polar surface area (TPSA) is 43.4 Å². The Balaban J connectivity index is 2.54. The van der Waals surface area contributed by atoms with Crippen LogP contribution in [0.1, 0.15) is 18.9 Å². The molecule has 1 unspecified atom stereocenters. The number of ether oxygens (including phenoxy) is 1. The maximum Gasteiger partial charge on any atom is 0.507 e. The van der Waals surface area contributed by atoms with Gasteiger partial charge in [0.1, 0.15) is 0 Å². The Morgan fingerprint density at radius 2 is 2.07 bits per heavy atom. The van der Waals surface area contributed by atoms with Crippen LogP contribution >= 0.6 is 0 Å². The van der Waals surface area contributed by atoms with Crippen molar-refractivity contribution in [1.29, 1.82) is 0 Å². The molecule has 0 spiro atoms.